The molecule has 152 valence electrons. The number of rotatable bonds is 8. The fourth-order valence-corrected chi connectivity index (χ4v) is 4.42. The molecule has 0 aliphatic heterocycles. The van der Waals surface area contributed by atoms with Gasteiger partial charge in [0.1, 0.15) is 11.8 Å². The van der Waals surface area contributed by atoms with Gasteiger partial charge in [0.2, 0.25) is 15.9 Å². The highest BCUT2D eigenvalue weighted by Gasteiger charge is 2.29. The Morgan fingerprint density at radius 2 is 1.79 bits per heavy atom. The highest BCUT2D eigenvalue weighted by molar-refractivity contribution is 7.92. The first-order chi connectivity index (χ1) is 13.1. The molecule has 2 aromatic carbocycles. The van der Waals surface area contributed by atoms with Crippen molar-refractivity contribution in [3.63, 3.8) is 0 Å². The zero-order chi connectivity index (χ0) is 20.9. The Bertz CT molecular complexity index is 930. The molecule has 0 saturated heterocycles. The van der Waals surface area contributed by atoms with Crippen molar-refractivity contribution in [3.8, 4) is 5.75 Å². The molecule has 0 saturated carbocycles. The van der Waals surface area contributed by atoms with Gasteiger partial charge in [-0.05, 0) is 38.1 Å². The second kappa shape index (κ2) is 9.49. The average Bonchev–Trinajstić information content (AvgIpc) is 2.59. The lowest BCUT2D eigenvalue weighted by atomic mass is 10.2. The Morgan fingerprint density at radius 3 is 2.36 bits per heavy atom. The standard InChI is InChI=1S/C19H22Cl2N2O4S/c1-4-27-18-8-6-5-7-14(18)12-22-19(24)13(2)23(28(3,25)26)17-10-15(20)9-16(21)11-17/h5-11,13H,4,12H2,1-3H3,(H,22,24)/t13-/m0/s1. The van der Waals surface area contributed by atoms with Gasteiger partial charge in [-0.25, -0.2) is 8.42 Å². The minimum Gasteiger partial charge on any atom is -0.494 e. The van der Waals surface area contributed by atoms with E-state index in [-0.39, 0.29) is 22.3 Å². The third-order valence-electron chi connectivity index (χ3n) is 3.92. The van der Waals surface area contributed by atoms with Crippen LogP contribution in [0.25, 0.3) is 0 Å². The van der Waals surface area contributed by atoms with E-state index in [4.69, 9.17) is 27.9 Å². The number of halogens is 2. The molecule has 2 rings (SSSR count). The maximum atomic E-state index is 12.7. The lowest BCUT2D eigenvalue weighted by molar-refractivity contribution is -0.122. The quantitative estimate of drug-likeness (QED) is 0.670. The number of nitrogens with zero attached hydrogens (tertiary/aromatic N) is 1. The number of nitrogens with one attached hydrogen (secondary N) is 1. The maximum Gasteiger partial charge on any atom is 0.243 e. The number of amides is 1. The summed E-state index contributed by atoms with van der Waals surface area (Å²) < 4.78 is 31.2. The third kappa shape index (κ3) is 5.77. The van der Waals surface area contributed by atoms with Crippen LogP contribution in [0.3, 0.4) is 0 Å². The van der Waals surface area contributed by atoms with Crippen molar-refractivity contribution >= 4 is 44.8 Å². The van der Waals surface area contributed by atoms with E-state index in [1.807, 2.05) is 31.2 Å². The molecular formula is C19H22Cl2N2O4S. The molecule has 0 aliphatic carbocycles. The van der Waals surface area contributed by atoms with Crippen LogP contribution < -0.4 is 14.4 Å². The topological polar surface area (TPSA) is 75.7 Å². The highest BCUT2D eigenvalue weighted by atomic mass is 35.5. The Balaban J connectivity index is 2.23. The van der Waals surface area contributed by atoms with Crippen LogP contribution in [-0.2, 0) is 21.4 Å². The molecule has 6 nitrogen and oxygen atoms in total. The molecule has 0 aromatic heterocycles. The molecule has 0 radical (unpaired) electrons. The number of ether oxygens (including phenoxy) is 1. The number of sulfonamides is 1. The van der Waals surface area contributed by atoms with Crippen molar-refractivity contribution in [2.75, 3.05) is 17.2 Å². The van der Waals surface area contributed by atoms with E-state index in [9.17, 15) is 13.2 Å². The van der Waals surface area contributed by atoms with Crippen LogP contribution in [0.5, 0.6) is 5.75 Å². The first-order valence-corrected chi connectivity index (χ1v) is 11.2. The van der Waals surface area contributed by atoms with Gasteiger partial charge in [0.05, 0.1) is 18.6 Å². The van der Waals surface area contributed by atoms with E-state index in [0.29, 0.717) is 12.4 Å². The van der Waals surface area contributed by atoms with Gasteiger partial charge in [0.25, 0.3) is 0 Å². The lowest BCUT2D eigenvalue weighted by Gasteiger charge is -2.28. The summed E-state index contributed by atoms with van der Waals surface area (Å²) in [5, 5.41) is 3.30. The molecule has 0 bridgehead atoms. The van der Waals surface area contributed by atoms with Crippen LogP contribution in [0.15, 0.2) is 42.5 Å². The van der Waals surface area contributed by atoms with E-state index in [1.165, 1.54) is 25.1 Å². The molecule has 0 aliphatic rings. The normalized spacial score (nSPS) is 12.3. The predicted octanol–water partition coefficient (Wildman–Crippen LogP) is 3.86. The number of para-hydroxylation sites is 1. The molecule has 28 heavy (non-hydrogen) atoms. The smallest absolute Gasteiger partial charge is 0.243 e. The van der Waals surface area contributed by atoms with Crippen LogP contribution in [0, 0.1) is 0 Å². The van der Waals surface area contributed by atoms with Crippen molar-refractivity contribution in [2.24, 2.45) is 0 Å². The Morgan fingerprint density at radius 1 is 1.18 bits per heavy atom. The summed E-state index contributed by atoms with van der Waals surface area (Å²) >= 11 is 12.0. The molecule has 1 amide bonds. The Kier molecular flexibility index (Phi) is 7.57. The fourth-order valence-electron chi connectivity index (χ4n) is 2.75. The van der Waals surface area contributed by atoms with Crippen LogP contribution in [0.2, 0.25) is 10.0 Å². The van der Waals surface area contributed by atoms with Gasteiger partial charge in [-0.15, -0.1) is 0 Å². The van der Waals surface area contributed by atoms with Crippen molar-refractivity contribution in [1.82, 2.24) is 5.32 Å². The molecule has 0 heterocycles. The van der Waals surface area contributed by atoms with Crippen molar-refractivity contribution < 1.29 is 17.9 Å². The molecule has 9 heteroatoms. The zero-order valence-corrected chi connectivity index (χ0v) is 18.1. The fraction of sp³-hybridized carbons (Fsp3) is 0.316. The lowest BCUT2D eigenvalue weighted by Crippen LogP contribution is -2.47. The summed E-state index contributed by atoms with van der Waals surface area (Å²) in [6, 6.07) is 10.7. The minimum atomic E-state index is -3.76. The molecule has 0 spiro atoms. The van der Waals surface area contributed by atoms with Crippen molar-refractivity contribution in [3.05, 3.63) is 58.1 Å². The number of anilines is 1. The second-order valence-electron chi connectivity index (χ2n) is 6.12. The van der Waals surface area contributed by atoms with E-state index in [1.54, 1.807) is 0 Å². The van der Waals surface area contributed by atoms with Gasteiger partial charge in [-0.3, -0.25) is 9.10 Å². The Labute approximate surface area is 175 Å². The first kappa shape index (κ1) is 22.3. The van der Waals surface area contributed by atoms with E-state index in [2.05, 4.69) is 5.32 Å². The first-order valence-electron chi connectivity index (χ1n) is 8.57. The monoisotopic (exact) mass is 444 g/mol. The third-order valence-corrected chi connectivity index (χ3v) is 5.59. The molecular weight excluding hydrogens is 423 g/mol. The van der Waals surface area contributed by atoms with Gasteiger partial charge in [-0.2, -0.15) is 0 Å². The van der Waals surface area contributed by atoms with E-state index >= 15 is 0 Å². The number of carbonyl (C=O) groups is 1. The summed E-state index contributed by atoms with van der Waals surface area (Å²) in [6.45, 7) is 4.07. The summed E-state index contributed by atoms with van der Waals surface area (Å²) in [5.41, 5.74) is 1.01. The van der Waals surface area contributed by atoms with Crippen molar-refractivity contribution in [1.29, 1.82) is 0 Å². The van der Waals surface area contributed by atoms with Gasteiger partial charge in [0.15, 0.2) is 0 Å². The summed E-state index contributed by atoms with van der Waals surface area (Å²) in [4.78, 5) is 12.7. The summed E-state index contributed by atoms with van der Waals surface area (Å²) in [5.74, 6) is 0.201. The summed E-state index contributed by atoms with van der Waals surface area (Å²) in [7, 11) is -3.76. The molecule has 1 N–H and O–H groups in total. The van der Waals surface area contributed by atoms with Gasteiger partial charge < -0.3 is 10.1 Å². The highest BCUT2D eigenvalue weighted by Crippen LogP contribution is 2.28. The number of carbonyl (C=O) groups excluding carboxylic acids is 1. The number of hydrogen-bond donors (Lipinski definition) is 1. The predicted molar refractivity (Wildman–Crippen MR) is 113 cm³/mol. The molecule has 0 unspecified atom stereocenters. The molecule has 1 atom stereocenters. The zero-order valence-electron chi connectivity index (χ0n) is 15.8. The Hall–Kier alpha value is -1.96. The van der Waals surface area contributed by atoms with E-state index in [0.717, 1.165) is 16.1 Å². The second-order valence-corrected chi connectivity index (χ2v) is 8.85. The van der Waals surface area contributed by atoms with Crippen LogP contribution >= 0.6 is 23.2 Å². The summed E-state index contributed by atoms with van der Waals surface area (Å²) in [6.07, 6.45) is 1.02. The SMILES string of the molecule is CCOc1ccccc1CNC(=O)[C@H](C)N(c1cc(Cl)cc(Cl)c1)S(C)(=O)=O. The van der Waals surface area contributed by atoms with Crippen LogP contribution in [0.1, 0.15) is 19.4 Å². The molecule has 0 fully saturated rings. The van der Waals surface area contributed by atoms with E-state index < -0.39 is 22.0 Å². The van der Waals surface area contributed by atoms with Gasteiger partial charge >= 0.3 is 0 Å². The number of benzene rings is 2. The van der Waals surface area contributed by atoms with Crippen molar-refractivity contribution in [2.45, 2.75) is 26.4 Å². The van der Waals surface area contributed by atoms with Crippen LogP contribution in [0.4, 0.5) is 5.69 Å². The molecule has 2 aromatic rings. The van der Waals surface area contributed by atoms with Gasteiger partial charge in [0, 0.05) is 22.2 Å². The van der Waals surface area contributed by atoms with Gasteiger partial charge in [-0.1, -0.05) is 41.4 Å². The average molecular weight is 445 g/mol. The maximum absolute atomic E-state index is 12.7. The largest absolute Gasteiger partial charge is 0.494 e. The minimum absolute atomic E-state index is 0.202. The van der Waals surface area contributed by atoms with Crippen LogP contribution in [-0.4, -0.2) is 33.2 Å². The number of hydrogen-bond acceptors (Lipinski definition) is 4.